The van der Waals surface area contributed by atoms with Crippen molar-refractivity contribution in [2.75, 3.05) is 49.0 Å². The van der Waals surface area contributed by atoms with E-state index < -0.39 is 30.2 Å². The van der Waals surface area contributed by atoms with Crippen LogP contribution in [0.3, 0.4) is 0 Å². The molecule has 16 nitrogen and oxygen atoms in total. The van der Waals surface area contributed by atoms with Gasteiger partial charge < -0.3 is 34.3 Å². The second kappa shape index (κ2) is 15.9. The molecular formula is C31H34N6O10S2. The lowest BCUT2D eigenvalue weighted by Gasteiger charge is -2.31. The fourth-order valence-corrected chi connectivity index (χ4v) is 6.63. The Labute approximate surface area is 288 Å². The van der Waals surface area contributed by atoms with Gasteiger partial charge in [0.25, 0.3) is 11.8 Å². The quantitative estimate of drug-likeness (QED) is 0.131. The van der Waals surface area contributed by atoms with Gasteiger partial charge in [0, 0.05) is 29.8 Å². The molecule has 18 heteroatoms. The summed E-state index contributed by atoms with van der Waals surface area (Å²) in [7, 11) is 1.41. The van der Waals surface area contributed by atoms with E-state index in [1.807, 2.05) is 0 Å². The average Bonchev–Trinajstić information content (AvgIpc) is 3.86. The monoisotopic (exact) mass is 714 g/mol. The first kappa shape index (κ1) is 35.2. The van der Waals surface area contributed by atoms with Gasteiger partial charge in [-0.2, -0.15) is 0 Å². The zero-order valence-electron chi connectivity index (χ0n) is 26.6. The van der Waals surface area contributed by atoms with Crippen molar-refractivity contribution in [1.82, 2.24) is 14.9 Å². The van der Waals surface area contributed by atoms with Crippen molar-refractivity contribution in [3.8, 4) is 11.5 Å². The minimum Gasteiger partial charge on any atom is -0.493 e. The van der Waals surface area contributed by atoms with E-state index in [0.29, 0.717) is 19.4 Å². The second-order valence-corrected chi connectivity index (χ2v) is 12.3. The molecule has 0 spiro atoms. The molecule has 1 saturated heterocycles. The Morgan fingerprint density at radius 3 is 2.55 bits per heavy atom. The van der Waals surface area contributed by atoms with Crippen LogP contribution in [0.25, 0.3) is 0 Å². The smallest absolute Gasteiger partial charge is 0.416 e. The number of nitrogens with one attached hydrogen (secondary N) is 2. The van der Waals surface area contributed by atoms with E-state index in [4.69, 9.17) is 18.9 Å². The molecule has 2 aromatic heterocycles. The third kappa shape index (κ3) is 7.98. The van der Waals surface area contributed by atoms with Crippen LogP contribution in [0, 0.1) is 0 Å². The van der Waals surface area contributed by atoms with Gasteiger partial charge in [-0.05, 0) is 32.3 Å². The number of ether oxygens (including phenoxy) is 4. The molecule has 5 rings (SSSR count). The maximum atomic E-state index is 13.5. The zero-order valence-corrected chi connectivity index (χ0v) is 28.3. The molecule has 49 heavy (non-hydrogen) atoms. The Hall–Kier alpha value is -5.07. The number of carbonyl (C=O) groups is 5. The largest absolute Gasteiger partial charge is 0.493 e. The van der Waals surface area contributed by atoms with Crippen LogP contribution in [-0.2, 0) is 14.3 Å². The van der Waals surface area contributed by atoms with E-state index in [0.717, 1.165) is 27.6 Å². The number of benzene rings is 1. The number of fused-ring (bicyclic) bond motifs is 2. The number of thiazole rings is 2. The van der Waals surface area contributed by atoms with Gasteiger partial charge in [-0.15, -0.1) is 22.7 Å². The minimum atomic E-state index is -1.36. The summed E-state index contributed by atoms with van der Waals surface area (Å²) in [5.41, 5.74) is 0.385. The molecule has 0 bridgehead atoms. The van der Waals surface area contributed by atoms with Crippen molar-refractivity contribution in [2.45, 2.75) is 44.9 Å². The molecule has 3 aromatic rings. The number of hydrogen-bond donors (Lipinski definition) is 3. The molecule has 1 fully saturated rings. The van der Waals surface area contributed by atoms with Gasteiger partial charge in [0.15, 0.2) is 33.7 Å². The van der Waals surface area contributed by atoms with E-state index in [1.54, 1.807) is 11.8 Å². The van der Waals surface area contributed by atoms with Gasteiger partial charge in [0.05, 0.1) is 37.6 Å². The zero-order chi connectivity index (χ0) is 35.1. The van der Waals surface area contributed by atoms with Crippen LogP contribution in [0.15, 0.2) is 35.5 Å². The van der Waals surface area contributed by atoms with Crippen molar-refractivity contribution in [3.63, 3.8) is 0 Å². The topological polar surface area (TPSA) is 199 Å². The van der Waals surface area contributed by atoms with Gasteiger partial charge >= 0.3 is 12.1 Å². The van der Waals surface area contributed by atoms with Crippen molar-refractivity contribution in [2.24, 2.45) is 0 Å². The number of rotatable bonds is 13. The highest BCUT2D eigenvalue weighted by Crippen LogP contribution is 2.41. The number of aliphatic hydroxyl groups is 1. The molecule has 260 valence electrons. The van der Waals surface area contributed by atoms with E-state index in [-0.39, 0.29) is 88.9 Å². The molecule has 2 aliphatic heterocycles. The van der Waals surface area contributed by atoms with Crippen molar-refractivity contribution < 1.29 is 48.0 Å². The van der Waals surface area contributed by atoms with Crippen LogP contribution in [-0.4, -0.2) is 95.5 Å². The Morgan fingerprint density at radius 1 is 1.08 bits per heavy atom. The molecule has 1 aromatic carbocycles. The Bertz CT molecular complexity index is 1740. The fraction of sp³-hybridized carbons (Fsp3) is 0.387. The normalized spacial score (nSPS) is 16.6. The molecule has 4 amide bonds. The lowest BCUT2D eigenvalue weighted by molar-refractivity contribution is -0.116. The van der Waals surface area contributed by atoms with E-state index in [2.05, 4.69) is 27.2 Å². The number of carbonyl (C=O) groups excluding carboxylic acids is 5. The van der Waals surface area contributed by atoms with Crippen LogP contribution < -0.4 is 25.0 Å². The molecule has 2 atom stereocenters. The maximum absolute atomic E-state index is 13.5. The van der Waals surface area contributed by atoms with E-state index >= 15 is 0 Å². The molecule has 0 saturated carbocycles. The lowest BCUT2D eigenvalue weighted by atomic mass is 10.1. The molecule has 3 N–H and O–H groups in total. The summed E-state index contributed by atoms with van der Waals surface area (Å²) in [5, 5.41) is 19.8. The number of amides is 4. The average molecular weight is 715 g/mol. The minimum absolute atomic E-state index is 0.0396. The first-order valence-electron chi connectivity index (χ1n) is 15.2. The summed E-state index contributed by atoms with van der Waals surface area (Å²) in [6.07, 6.45) is 0.681. The maximum Gasteiger partial charge on any atom is 0.416 e. The van der Waals surface area contributed by atoms with Crippen LogP contribution in [0.5, 0.6) is 11.5 Å². The molecule has 2 aliphatic rings. The number of methoxy groups -OCH3 is 1. The third-order valence-electron chi connectivity index (χ3n) is 7.46. The molecule has 1 unspecified atom stereocenters. The highest BCUT2D eigenvalue weighted by Gasteiger charge is 2.45. The lowest BCUT2D eigenvalue weighted by Crippen LogP contribution is -2.50. The number of hydrogen-bond acceptors (Lipinski definition) is 14. The first-order chi connectivity index (χ1) is 23.6. The van der Waals surface area contributed by atoms with Gasteiger partial charge in [0.1, 0.15) is 12.3 Å². The summed E-state index contributed by atoms with van der Waals surface area (Å²) in [5.74, 6) is -1.46. The Balaban J connectivity index is 1.19. The predicted molar refractivity (Wildman–Crippen MR) is 179 cm³/mol. The number of anilines is 3. The highest BCUT2D eigenvalue weighted by atomic mass is 32.1. The SMILES string of the molecule is C=CCOC(=O)N1c2cc(OCCCC(=O)Nc3nc(C(=O)Nc4nc(C(=O)OCC)cs4)cs3)c(OC)cc2C(=O)N2CCC[C@H]2C1O. The van der Waals surface area contributed by atoms with Gasteiger partial charge in [-0.25, -0.2) is 24.5 Å². The summed E-state index contributed by atoms with van der Waals surface area (Å²) in [6, 6.07) is 2.29. The molecule has 0 aliphatic carbocycles. The van der Waals surface area contributed by atoms with Crippen LogP contribution in [0.4, 0.5) is 20.7 Å². The summed E-state index contributed by atoms with van der Waals surface area (Å²) >= 11 is 2.12. The second-order valence-electron chi connectivity index (χ2n) is 10.6. The molecule has 0 radical (unpaired) electrons. The van der Waals surface area contributed by atoms with Gasteiger partial charge in [-0.1, -0.05) is 12.7 Å². The van der Waals surface area contributed by atoms with Crippen molar-refractivity contribution in [3.05, 3.63) is 52.5 Å². The van der Waals surface area contributed by atoms with E-state index in [9.17, 15) is 29.1 Å². The molecule has 4 heterocycles. The summed E-state index contributed by atoms with van der Waals surface area (Å²) < 4.78 is 21.5. The predicted octanol–water partition coefficient (Wildman–Crippen LogP) is 3.90. The summed E-state index contributed by atoms with van der Waals surface area (Å²) in [6.45, 7) is 5.82. The third-order valence-corrected chi connectivity index (χ3v) is 8.98. The number of esters is 1. The fourth-order valence-electron chi connectivity index (χ4n) is 5.25. The summed E-state index contributed by atoms with van der Waals surface area (Å²) in [4.78, 5) is 74.4. The van der Waals surface area contributed by atoms with Crippen LogP contribution in [0.1, 0.15) is 63.9 Å². The van der Waals surface area contributed by atoms with Crippen LogP contribution in [0.2, 0.25) is 0 Å². The molecular weight excluding hydrogens is 681 g/mol. The highest BCUT2D eigenvalue weighted by molar-refractivity contribution is 7.14. The van der Waals surface area contributed by atoms with Crippen molar-refractivity contribution >= 4 is 68.4 Å². The van der Waals surface area contributed by atoms with E-state index in [1.165, 1.54) is 36.1 Å². The number of nitrogens with zero attached hydrogens (tertiary/aromatic N) is 4. The first-order valence-corrected chi connectivity index (χ1v) is 17.0. The standard InChI is InChI=1S/C31H34N6O10S2/c1-4-11-47-31(43)37-21-14-23(22(44-3)13-17(21)26(40)36-10-6-8-20(36)27(37)41)46-12-7-9-24(38)34-29-32-18(15-48-29)25(39)35-30-33-19(16-49-30)28(42)45-5-2/h4,13-16,20,27,41H,1,5-12H2,2-3H3,(H,32,34,38)(H,33,35,39)/t20-,27?/m0/s1. The van der Waals surface area contributed by atoms with Gasteiger partial charge in [0.2, 0.25) is 5.91 Å². The number of aliphatic hydroxyl groups excluding tert-OH is 1. The van der Waals surface area contributed by atoms with Crippen LogP contribution >= 0.6 is 22.7 Å². The Morgan fingerprint density at radius 2 is 1.82 bits per heavy atom. The Kier molecular flexibility index (Phi) is 11.4. The number of aromatic nitrogens is 2. The van der Waals surface area contributed by atoms with Gasteiger partial charge in [-0.3, -0.25) is 19.7 Å². The van der Waals surface area contributed by atoms with Crippen molar-refractivity contribution in [1.29, 1.82) is 0 Å².